The Morgan fingerprint density at radius 2 is 2.00 bits per heavy atom. The Kier molecular flexibility index (Phi) is 5.28. The number of aromatic nitrogens is 1. The maximum atomic E-state index is 12.7. The van der Waals surface area contributed by atoms with Gasteiger partial charge < -0.3 is 10.2 Å². The van der Waals surface area contributed by atoms with Crippen LogP contribution >= 0.6 is 0 Å². The van der Waals surface area contributed by atoms with Crippen molar-refractivity contribution >= 4 is 11.8 Å². The van der Waals surface area contributed by atoms with E-state index >= 15 is 0 Å². The quantitative estimate of drug-likeness (QED) is 0.922. The van der Waals surface area contributed by atoms with Crippen LogP contribution in [0.4, 0.5) is 0 Å². The fourth-order valence-electron chi connectivity index (χ4n) is 3.19. The fourth-order valence-corrected chi connectivity index (χ4v) is 3.19. The maximum absolute atomic E-state index is 12.7. The van der Waals surface area contributed by atoms with Crippen molar-refractivity contribution in [3.63, 3.8) is 0 Å². The van der Waals surface area contributed by atoms with Crippen LogP contribution in [0.1, 0.15) is 35.8 Å². The smallest absolute Gasteiger partial charge is 0.253 e. The molecule has 2 amide bonds. The topological polar surface area (TPSA) is 86.1 Å². The average Bonchev–Trinajstić information content (AvgIpc) is 2.67. The summed E-state index contributed by atoms with van der Waals surface area (Å²) in [6.07, 6.45) is 1.77. The lowest BCUT2D eigenvalue weighted by Gasteiger charge is -2.33. The van der Waals surface area contributed by atoms with Crippen LogP contribution in [0.3, 0.4) is 0 Å². The zero-order valence-electron chi connectivity index (χ0n) is 14.6. The third-order valence-corrected chi connectivity index (χ3v) is 4.41. The van der Waals surface area contributed by atoms with E-state index in [1.165, 1.54) is 6.92 Å². The van der Waals surface area contributed by atoms with Gasteiger partial charge in [-0.25, -0.2) is 4.98 Å². The van der Waals surface area contributed by atoms with Gasteiger partial charge in [-0.05, 0) is 37.1 Å². The summed E-state index contributed by atoms with van der Waals surface area (Å²) in [5.41, 5.74) is 2.52. The highest BCUT2D eigenvalue weighted by Gasteiger charge is 2.24. The van der Waals surface area contributed by atoms with Crippen molar-refractivity contribution in [3.8, 4) is 17.3 Å². The normalized spacial score (nSPS) is 16.6. The van der Waals surface area contributed by atoms with Crippen molar-refractivity contribution in [2.75, 3.05) is 13.1 Å². The highest BCUT2D eigenvalue weighted by atomic mass is 16.2. The molecule has 2 heterocycles. The summed E-state index contributed by atoms with van der Waals surface area (Å²) < 4.78 is 0. The Bertz CT molecular complexity index is 855. The predicted octanol–water partition coefficient (Wildman–Crippen LogP) is 2.36. The number of amides is 2. The molecule has 1 atom stereocenters. The van der Waals surface area contributed by atoms with Crippen LogP contribution in [0, 0.1) is 11.3 Å². The summed E-state index contributed by atoms with van der Waals surface area (Å²) in [5.74, 6) is -0.105. The summed E-state index contributed by atoms with van der Waals surface area (Å²) in [6.45, 7) is 2.73. The number of nitriles is 1. The average molecular weight is 348 g/mol. The number of rotatable bonds is 3. The first-order valence-corrected chi connectivity index (χ1v) is 8.61. The molecule has 1 saturated heterocycles. The van der Waals surface area contributed by atoms with Gasteiger partial charge in [0, 0.05) is 37.2 Å². The molecule has 1 aliphatic heterocycles. The first-order valence-electron chi connectivity index (χ1n) is 8.61. The monoisotopic (exact) mass is 348 g/mol. The molecule has 0 spiro atoms. The molecule has 1 aromatic carbocycles. The number of piperidine rings is 1. The fraction of sp³-hybridized carbons (Fsp3) is 0.300. The summed E-state index contributed by atoms with van der Waals surface area (Å²) in [7, 11) is 0. The number of nitrogens with zero attached hydrogens (tertiary/aromatic N) is 3. The number of hydrogen-bond acceptors (Lipinski definition) is 4. The van der Waals surface area contributed by atoms with Crippen molar-refractivity contribution in [3.05, 3.63) is 53.7 Å². The Balaban J connectivity index is 1.72. The molecule has 6 nitrogen and oxygen atoms in total. The number of pyridine rings is 1. The third kappa shape index (κ3) is 4.06. The molecule has 0 bridgehead atoms. The molecule has 26 heavy (non-hydrogen) atoms. The van der Waals surface area contributed by atoms with Crippen molar-refractivity contribution in [1.82, 2.24) is 15.2 Å². The van der Waals surface area contributed by atoms with Crippen LogP contribution in [-0.2, 0) is 4.79 Å². The zero-order valence-corrected chi connectivity index (χ0v) is 14.6. The number of hydrogen-bond donors (Lipinski definition) is 1. The summed E-state index contributed by atoms with van der Waals surface area (Å²) in [4.78, 5) is 30.0. The van der Waals surface area contributed by atoms with Crippen molar-refractivity contribution in [2.24, 2.45) is 0 Å². The van der Waals surface area contributed by atoms with Crippen molar-refractivity contribution in [1.29, 1.82) is 5.26 Å². The highest BCUT2D eigenvalue weighted by Crippen LogP contribution is 2.20. The Morgan fingerprint density at radius 1 is 1.23 bits per heavy atom. The first-order chi connectivity index (χ1) is 12.6. The third-order valence-electron chi connectivity index (χ3n) is 4.41. The number of nitrogens with one attached hydrogen (secondary N) is 1. The molecule has 2 aromatic rings. The van der Waals surface area contributed by atoms with Gasteiger partial charge in [-0.1, -0.05) is 18.2 Å². The first kappa shape index (κ1) is 17.6. The van der Waals surface area contributed by atoms with Crippen LogP contribution in [0.2, 0.25) is 0 Å². The second kappa shape index (κ2) is 7.79. The van der Waals surface area contributed by atoms with E-state index in [4.69, 9.17) is 5.26 Å². The Morgan fingerprint density at radius 3 is 2.69 bits per heavy atom. The van der Waals surface area contributed by atoms with E-state index in [0.29, 0.717) is 30.0 Å². The molecule has 1 aromatic heterocycles. The molecule has 1 fully saturated rings. The van der Waals surface area contributed by atoms with E-state index in [2.05, 4.69) is 10.3 Å². The standard InChI is InChI=1S/C20H20N4O2/c1-14(25)22-18-5-3-11-24(13-18)20(26)16-9-7-15(8-10-16)19-6-2-4-17(12-21)23-19/h2,4,6-10,18H,3,5,11,13H2,1H3,(H,22,25). The van der Waals surface area contributed by atoms with E-state index in [1.807, 2.05) is 24.3 Å². The van der Waals surface area contributed by atoms with E-state index in [1.54, 1.807) is 29.2 Å². The van der Waals surface area contributed by atoms with Crippen LogP contribution in [0.25, 0.3) is 11.3 Å². The molecular weight excluding hydrogens is 328 g/mol. The van der Waals surface area contributed by atoms with Crippen LogP contribution in [0.5, 0.6) is 0 Å². The minimum absolute atomic E-state index is 0.0161. The van der Waals surface area contributed by atoms with Gasteiger partial charge in [0.1, 0.15) is 11.8 Å². The van der Waals surface area contributed by atoms with Gasteiger partial charge in [-0.2, -0.15) is 5.26 Å². The highest BCUT2D eigenvalue weighted by molar-refractivity contribution is 5.94. The maximum Gasteiger partial charge on any atom is 0.253 e. The number of benzene rings is 1. The predicted molar refractivity (Wildman–Crippen MR) is 97.1 cm³/mol. The van der Waals surface area contributed by atoms with Crippen LogP contribution in [0.15, 0.2) is 42.5 Å². The van der Waals surface area contributed by atoms with Gasteiger partial charge in [0.25, 0.3) is 5.91 Å². The van der Waals surface area contributed by atoms with Gasteiger partial charge in [-0.3, -0.25) is 9.59 Å². The van der Waals surface area contributed by atoms with E-state index in [9.17, 15) is 9.59 Å². The summed E-state index contributed by atoms with van der Waals surface area (Å²) in [6, 6.07) is 14.6. The van der Waals surface area contributed by atoms with Crippen molar-refractivity contribution < 1.29 is 9.59 Å². The van der Waals surface area contributed by atoms with Crippen molar-refractivity contribution in [2.45, 2.75) is 25.8 Å². The van der Waals surface area contributed by atoms with Crippen LogP contribution in [-0.4, -0.2) is 40.8 Å². The number of carbonyl (C=O) groups is 2. The summed E-state index contributed by atoms with van der Waals surface area (Å²) >= 11 is 0. The molecule has 1 N–H and O–H groups in total. The molecular formula is C20H20N4O2. The lowest BCUT2D eigenvalue weighted by atomic mass is 10.0. The Hall–Kier alpha value is -3.20. The molecule has 1 unspecified atom stereocenters. The minimum atomic E-state index is -0.0687. The van der Waals surface area contributed by atoms with Gasteiger partial charge in [0.2, 0.25) is 5.91 Å². The minimum Gasteiger partial charge on any atom is -0.352 e. The van der Waals surface area contributed by atoms with E-state index in [0.717, 1.165) is 18.4 Å². The summed E-state index contributed by atoms with van der Waals surface area (Å²) in [5, 5.41) is 11.8. The molecule has 3 rings (SSSR count). The number of carbonyl (C=O) groups excluding carboxylic acids is 2. The molecule has 0 aliphatic carbocycles. The lowest BCUT2D eigenvalue weighted by Crippen LogP contribution is -2.49. The van der Waals surface area contributed by atoms with Gasteiger partial charge in [0.15, 0.2) is 0 Å². The van der Waals surface area contributed by atoms with Gasteiger partial charge in [-0.15, -0.1) is 0 Å². The Labute approximate surface area is 152 Å². The van der Waals surface area contributed by atoms with Crippen LogP contribution < -0.4 is 5.32 Å². The second-order valence-electron chi connectivity index (χ2n) is 6.39. The van der Waals surface area contributed by atoms with E-state index < -0.39 is 0 Å². The SMILES string of the molecule is CC(=O)NC1CCCN(C(=O)c2ccc(-c3cccc(C#N)n3)cc2)C1. The molecule has 0 saturated carbocycles. The zero-order chi connectivity index (χ0) is 18.5. The molecule has 1 aliphatic rings. The molecule has 0 radical (unpaired) electrons. The second-order valence-corrected chi connectivity index (χ2v) is 6.39. The number of likely N-dealkylation sites (tertiary alicyclic amines) is 1. The molecule has 6 heteroatoms. The largest absolute Gasteiger partial charge is 0.352 e. The van der Waals surface area contributed by atoms with Gasteiger partial charge in [0.05, 0.1) is 5.69 Å². The molecule has 132 valence electrons. The lowest BCUT2D eigenvalue weighted by molar-refractivity contribution is -0.120. The van der Waals surface area contributed by atoms with Gasteiger partial charge >= 0.3 is 0 Å². The van der Waals surface area contributed by atoms with E-state index in [-0.39, 0.29) is 17.9 Å².